The van der Waals surface area contributed by atoms with Gasteiger partial charge >= 0.3 is 0 Å². The summed E-state index contributed by atoms with van der Waals surface area (Å²) in [5.74, 6) is 0. The Morgan fingerprint density at radius 1 is 1.00 bits per heavy atom. The maximum Gasteiger partial charge on any atom is 0.0309 e. The maximum atomic E-state index is 6.18. The van der Waals surface area contributed by atoms with E-state index in [9.17, 15) is 0 Å². The molecule has 0 saturated carbocycles. The first-order chi connectivity index (χ1) is 4.89. The van der Waals surface area contributed by atoms with Gasteiger partial charge in [-0.25, -0.2) is 0 Å². The molecule has 0 spiro atoms. The van der Waals surface area contributed by atoms with E-state index in [1.165, 1.54) is 16.7 Å². The summed E-state index contributed by atoms with van der Waals surface area (Å²) in [5.41, 5.74) is 4.10. The van der Waals surface area contributed by atoms with Crippen molar-refractivity contribution in [2.24, 2.45) is 5.41 Å². The zero-order chi connectivity index (χ0) is 8.81. The second-order valence-corrected chi connectivity index (χ2v) is 4.19. The molecule has 0 amide bonds. The third-order valence-corrected chi connectivity index (χ3v) is 3.70. The molecule has 0 atom stereocenters. The summed E-state index contributed by atoms with van der Waals surface area (Å²) in [7, 11) is 0. The van der Waals surface area contributed by atoms with Gasteiger partial charge in [0.1, 0.15) is 0 Å². The predicted molar refractivity (Wildman–Crippen MR) is 50.7 cm³/mol. The average Bonchev–Trinajstić information content (AvgIpc) is 2.06. The molecular weight excluding hydrogens is 348 g/mol. The van der Waals surface area contributed by atoms with Gasteiger partial charge in [0, 0.05) is 30.6 Å². The number of allylic oxidation sites excluding steroid dienone is 4. The minimum absolute atomic E-state index is 0. The number of rotatable bonds is 0. The van der Waals surface area contributed by atoms with E-state index < -0.39 is 0 Å². The molecule has 0 bridgehead atoms. The minimum Gasteiger partial charge on any atom is -0.0879 e. The molecule has 0 N–H and O–H groups in total. The van der Waals surface area contributed by atoms with Crippen LogP contribution >= 0.6 is 11.6 Å². The molecule has 12 heavy (non-hydrogen) atoms. The van der Waals surface area contributed by atoms with Crippen molar-refractivity contribution in [3.63, 3.8) is 0 Å². The van der Waals surface area contributed by atoms with Crippen molar-refractivity contribution in [3.05, 3.63) is 21.8 Å². The van der Waals surface area contributed by atoms with Gasteiger partial charge in [0.05, 0.1) is 0 Å². The van der Waals surface area contributed by atoms with Gasteiger partial charge in [-0.15, -0.1) is 0 Å². The fraction of sp³-hybridized carbons (Fsp3) is 0.600. The summed E-state index contributed by atoms with van der Waals surface area (Å²) < 4.78 is 0. The normalized spacial score (nSPS) is 21.5. The molecule has 0 aromatic carbocycles. The van der Waals surface area contributed by atoms with Crippen molar-refractivity contribution in [3.8, 4) is 0 Å². The van der Waals surface area contributed by atoms with Crippen molar-refractivity contribution >= 4 is 11.6 Å². The molecule has 71 valence electrons. The molecule has 1 rings (SSSR count). The van der Waals surface area contributed by atoms with Crippen LogP contribution in [-0.4, -0.2) is 0 Å². The second-order valence-electron chi connectivity index (χ2n) is 3.81. The van der Waals surface area contributed by atoms with Gasteiger partial charge in [0.2, 0.25) is 0 Å². The summed E-state index contributed by atoms with van der Waals surface area (Å²) >= 11 is 6.18. The first-order valence-electron chi connectivity index (χ1n) is 3.94. The van der Waals surface area contributed by atoms with E-state index in [0.29, 0.717) is 0 Å². The van der Waals surface area contributed by atoms with Crippen LogP contribution in [0.4, 0.5) is 0 Å². The van der Waals surface area contributed by atoms with Crippen LogP contribution in [0, 0.1) is 5.41 Å². The van der Waals surface area contributed by atoms with E-state index in [1.807, 2.05) is 0 Å². The largest absolute Gasteiger partial charge is 0.0879 e. The van der Waals surface area contributed by atoms with Gasteiger partial charge in [-0.2, -0.15) is 0 Å². The third-order valence-electron chi connectivity index (χ3n) is 2.94. The Bertz CT molecular complexity index is 233. The van der Waals surface area contributed by atoms with E-state index in [-0.39, 0.29) is 25.5 Å². The smallest absolute Gasteiger partial charge is 0.0309 e. The zero-order valence-electron chi connectivity index (χ0n) is 8.21. The van der Waals surface area contributed by atoms with Crippen LogP contribution < -0.4 is 0 Å². The molecule has 0 fully saturated rings. The number of halogens is 1. The average molecular weight is 363 g/mol. The molecule has 0 saturated heterocycles. The molecular formula is C10H15ClIr. The first-order valence-corrected chi connectivity index (χ1v) is 4.32. The molecule has 0 unspecified atom stereocenters. The SMILES string of the molecule is CC1=C(C)C(C)(C)C(Cl)=C1C.[Ir]. The van der Waals surface area contributed by atoms with Crippen LogP contribution in [0.1, 0.15) is 34.6 Å². The second kappa shape index (κ2) is 3.65. The minimum atomic E-state index is 0. The molecule has 0 nitrogen and oxygen atoms in total. The Kier molecular flexibility index (Phi) is 3.78. The Morgan fingerprint density at radius 2 is 1.42 bits per heavy atom. The van der Waals surface area contributed by atoms with Crippen LogP contribution in [0.25, 0.3) is 0 Å². The van der Waals surface area contributed by atoms with Crippen molar-refractivity contribution in [2.75, 3.05) is 0 Å². The van der Waals surface area contributed by atoms with E-state index in [2.05, 4.69) is 34.6 Å². The van der Waals surface area contributed by atoms with Gasteiger partial charge in [-0.05, 0) is 31.9 Å². The van der Waals surface area contributed by atoms with Crippen molar-refractivity contribution in [2.45, 2.75) is 34.6 Å². The van der Waals surface area contributed by atoms with Gasteiger partial charge in [0.15, 0.2) is 0 Å². The molecule has 0 aromatic heterocycles. The molecule has 0 heterocycles. The van der Waals surface area contributed by atoms with E-state index >= 15 is 0 Å². The standard InChI is InChI=1S/C10H15Cl.Ir/c1-6-7(2)9(11)10(4,5)8(6)3;/h1-5H3;. The summed E-state index contributed by atoms with van der Waals surface area (Å²) in [4.78, 5) is 0. The van der Waals surface area contributed by atoms with E-state index in [4.69, 9.17) is 11.6 Å². The Balaban J connectivity index is 0.00000121. The Labute approximate surface area is 93.4 Å². The molecule has 1 aliphatic carbocycles. The van der Waals surface area contributed by atoms with Crippen LogP contribution in [0.2, 0.25) is 0 Å². The van der Waals surface area contributed by atoms with Crippen molar-refractivity contribution in [1.82, 2.24) is 0 Å². The fourth-order valence-corrected chi connectivity index (χ4v) is 1.83. The monoisotopic (exact) mass is 363 g/mol. The van der Waals surface area contributed by atoms with Gasteiger partial charge in [0.25, 0.3) is 0 Å². The van der Waals surface area contributed by atoms with Crippen LogP contribution in [0.3, 0.4) is 0 Å². The Hall–Kier alpha value is 0.419. The third kappa shape index (κ3) is 1.55. The summed E-state index contributed by atoms with van der Waals surface area (Å²) in [6, 6.07) is 0. The summed E-state index contributed by atoms with van der Waals surface area (Å²) in [5, 5.41) is 1.01. The quantitative estimate of drug-likeness (QED) is 0.613. The number of hydrogen-bond donors (Lipinski definition) is 0. The Morgan fingerprint density at radius 3 is 1.50 bits per heavy atom. The molecule has 1 aliphatic rings. The molecule has 0 aliphatic heterocycles. The molecule has 0 aromatic rings. The van der Waals surface area contributed by atoms with Crippen LogP contribution in [0.5, 0.6) is 0 Å². The number of hydrogen-bond acceptors (Lipinski definition) is 0. The van der Waals surface area contributed by atoms with Gasteiger partial charge in [-0.1, -0.05) is 31.0 Å². The van der Waals surface area contributed by atoms with Crippen LogP contribution in [-0.2, 0) is 20.1 Å². The topological polar surface area (TPSA) is 0 Å². The van der Waals surface area contributed by atoms with E-state index in [0.717, 1.165) is 5.03 Å². The van der Waals surface area contributed by atoms with E-state index in [1.54, 1.807) is 0 Å². The van der Waals surface area contributed by atoms with Gasteiger partial charge < -0.3 is 0 Å². The van der Waals surface area contributed by atoms with Gasteiger partial charge in [-0.3, -0.25) is 0 Å². The summed E-state index contributed by atoms with van der Waals surface area (Å²) in [6.45, 7) is 10.7. The van der Waals surface area contributed by atoms with Crippen molar-refractivity contribution < 1.29 is 20.1 Å². The molecule has 1 radical (unpaired) electrons. The van der Waals surface area contributed by atoms with Crippen LogP contribution in [0.15, 0.2) is 21.8 Å². The van der Waals surface area contributed by atoms with Crippen molar-refractivity contribution in [1.29, 1.82) is 0 Å². The summed E-state index contributed by atoms with van der Waals surface area (Å²) in [6.07, 6.45) is 0. The first kappa shape index (κ1) is 12.4. The fourth-order valence-electron chi connectivity index (χ4n) is 1.55. The maximum absolute atomic E-state index is 6.18. The predicted octanol–water partition coefficient (Wildman–Crippen LogP) is 3.87. The molecule has 2 heteroatoms. The zero-order valence-corrected chi connectivity index (χ0v) is 11.4.